The van der Waals surface area contributed by atoms with Crippen molar-refractivity contribution < 1.29 is 4.79 Å². The molecule has 1 saturated heterocycles. The van der Waals surface area contributed by atoms with Crippen LogP contribution in [0, 0.1) is 6.92 Å². The highest BCUT2D eigenvalue weighted by Crippen LogP contribution is 2.32. The summed E-state index contributed by atoms with van der Waals surface area (Å²) in [6.07, 6.45) is 3.50. The van der Waals surface area contributed by atoms with Gasteiger partial charge in [0.25, 0.3) is 5.91 Å². The van der Waals surface area contributed by atoms with Crippen LogP contribution >= 0.6 is 34.7 Å². The highest BCUT2D eigenvalue weighted by molar-refractivity contribution is 7.98. The van der Waals surface area contributed by atoms with Gasteiger partial charge < -0.3 is 9.80 Å². The first-order valence-electron chi connectivity index (χ1n) is 11.7. The first kappa shape index (κ1) is 24.9. The number of aryl methyl sites for hydroxylation is 1. The molecule has 0 unspecified atom stereocenters. The quantitative estimate of drug-likeness (QED) is 0.311. The van der Waals surface area contributed by atoms with Crippen molar-refractivity contribution in [1.29, 1.82) is 0 Å². The zero-order valence-corrected chi connectivity index (χ0v) is 22.5. The molecule has 11 heteroatoms. The van der Waals surface area contributed by atoms with E-state index in [4.69, 9.17) is 11.6 Å². The van der Waals surface area contributed by atoms with Crippen molar-refractivity contribution in [2.24, 2.45) is 0 Å². The number of halogens is 1. The molecule has 8 nitrogen and oxygen atoms in total. The molecule has 4 aromatic rings. The zero-order valence-electron chi connectivity index (χ0n) is 20.1. The molecule has 1 aromatic carbocycles. The molecule has 0 saturated carbocycles. The van der Waals surface area contributed by atoms with Crippen molar-refractivity contribution in [2.45, 2.75) is 24.8 Å². The van der Waals surface area contributed by atoms with Gasteiger partial charge in [-0.3, -0.25) is 14.3 Å². The predicted octanol–water partition coefficient (Wildman–Crippen LogP) is 4.82. The smallest absolute Gasteiger partial charge is 0.273 e. The number of carbonyl (C=O) groups excluding carboxylic acids is 1. The van der Waals surface area contributed by atoms with Crippen molar-refractivity contribution in [1.82, 2.24) is 34.5 Å². The molecule has 1 amide bonds. The van der Waals surface area contributed by atoms with Crippen LogP contribution in [0.2, 0.25) is 5.02 Å². The Morgan fingerprint density at radius 3 is 2.75 bits per heavy atom. The summed E-state index contributed by atoms with van der Waals surface area (Å²) in [4.78, 5) is 26.1. The molecule has 4 heterocycles. The molecule has 1 aliphatic heterocycles. The number of hydrogen-bond acceptors (Lipinski definition) is 8. The number of thioether (sulfide) groups is 1. The fraction of sp³-hybridized carbons (Fsp3) is 0.320. The van der Waals surface area contributed by atoms with Gasteiger partial charge in [-0.2, -0.15) is 0 Å². The van der Waals surface area contributed by atoms with E-state index in [0.29, 0.717) is 22.3 Å². The fourth-order valence-corrected chi connectivity index (χ4v) is 6.01. The van der Waals surface area contributed by atoms with Crippen LogP contribution in [0.25, 0.3) is 17.1 Å². The van der Waals surface area contributed by atoms with E-state index >= 15 is 0 Å². The van der Waals surface area contributed by atoms with E-state index in [1.807, 2.05) is 52.1 Å². The maximum atomic E-state index is 13.0. The maximum Gasteiger partial charge on any atom is 0.273 e. The normalized spacial score (nSPS) is 14.4. The van der Waals surface area contributed by atoms with E-state index in [0.717, 1.165) is 59.7 Å². The first-order valence-corrected chi connectivity index (χ1v) is 14.0. The van der Waals surface area contributed by atoms with Gasteiger partial charge in [-0.1, -0.05) is 36.4 Å². The lowest BCUT2D eigenvalue weighted by atomic mass is 10.2. The Hall–Kier alpha value is -2.79. The lowest BCUT2D eigenvalue weighted by Gasteiger charge is -2.33. The standard InChI is InChI=1S/C25H26ClN7OS2/c1-3-31-9-11-32(12-10-31)24(34)20-15-35-22(28-20)16-36-25-30-29-23(18-5-4-8-27-14-18)33(25)21-13-19(26)7-6-17(21)2/h4-8,13-15H,3,9-12,16H2,1-2H3. The van der Waals surface area contributed by atoms with Gasteiger partial charge in [0.2, 0.25) is 0 Å². The molecule has 0 bridgehead atoms. The van der Waals surface area contributed by atoms with Gasteiger partial charge in [0, 0.05) is 54.5 Å². The van der Waals surface area contributed by atoms with Crippen molar-refractivity contribution >= 4 is 40.6 Å². The third-order valence-corrected chi connectivity index (χ3v) is 8.37. The number of carbonyl (C=O) groups is 1. The average Bonchev–Trinajstić information content (AvgIpc) is 3.56. The maximum absolute atomic E-state index is 13.0. The second-order valence-corrected chi connectivity index (χ2v) is 10.8. The first-order chi connectivity index (χ1) is 17.5. The van der Waals surface area contributed by atoms with Crippen molar-refractivity contribution in [3.8, 4) is 17.1 Å². The van der Waals surface area contributed by atoms with E-state index in [1.165, 1.54) is 23.1 Å². The lowest BCUT2D eigenvalue weighted by molar-refractivity contribution is 0.0638. The minimum Gasteiger partial charge on any atom is -0.335 e. The lowest BCUT2D eigenvalue weighted by Crippen LogP contribution is -2.48. The second-order valence-electron chi connectivity index (χ2n) is 8.46. The number of likely N-dealkylation sites (N-methyl/N-ethyl adjacent to an activating group) is 1. The Labute approximate surface area is 223 Å². The number of piperazine rings is 1. The Bertz CT molecular complexity index is 1350. The monoisotopic (exact) mass is 539 g/mol. The summed E-state index contributed by atoms with van der Waals surface area (Å²) >= 11 is 9.38. The van der Waals surface area contributed by atoms with E-state index in [-0.39, 0.29) is 5.91 Å². The molecule has 186 valence electrons. The van der Waals surface area contributed by atoms with Gasteiger partial charge in [0.1, 0.15) is 10.7 Å². The number of nitrogens with zero attached hydrogens (tertiary/aromatic N) is 7. The van der Waals surface area contributed by atoms with Gasteiger partial charge in [-0.15, -0.1) is 21.5 Å². The summed E-state index contributed by atoms with van der Waals surface area (Å²) in [6, 6.07) is 9.61. The van der Waals surface area contributed by atoms with E-state index in [9.17, 15) is 4.79 Å². The van der Waals surface area contributed by atoms with Crippen LogP contribution in [0.15, 0.2) is 53.3 Å². The number of hydrogen-bond donors (Lipinski definition) is 0. The molecular formula is C25H26ClN7OS2. The van der Waals surface area contributed by atoms with Crippen molar-refractivity contribution in [3.63, 3.8) is 0 Å². The molecule has 3 aromatic heterocycles. The summed E-state index contributed by atoms with van der Waals surface area (Å²) in [5.41, 5.74) is 3.34. The average molecular weight is 540 g/mol. The second kappa shape index (κ2) is 11.1. The number of aromatic nitrogens is 5. The topological polar surface area (TPSA) is 80.0 Å². The summed E-state index contributed by atoms with van der Waals surface area (Å²) in [7, 11) is 0. The van der Waals surface area contributed by atoms with Crippen LogP contribution in [-0.4, -0.2) is 73.2 Å². The molecule has 1 aliphatic rings. The Kier molecular flexibility index (Phi) is 7.66. The molecule has 0 atom stereocenters. The molecular weight excluding hydrogens is 514 g/mol. The predicted molar refractivity (Wildman–Crippen MR) is 144 cm³/mol. The number of benzene rings is 1. The molecule has 0 N–H and O–H groups in total. The third kappa shape index (κ3) is 5.31. The molecule has 36 heavy (non-hydrogen) atoms. The molecule has 5 rings (SSSR count). The number of rotatable bonds is 7. The Morgan fingerprint density at radius 1 is 1.17 bits per heavy atom. The van der Waals surface area contributed by atoms with Gasteiger partial charge in [0.15, 0.2) is 11.0 Å². The van der Waals surface area contributed by atoms with Crippen LogP contribution in [0.1, 0.15) is 28.0 Å². The fourth-order valence-electron chi connectivity index (χ4n) is 4.12. The highest BCUT2D eigenvalue weighted by Gasteiger charge is 2.24. The van der Waals surface area contributed by atoms with Crippen LogP contribution in [0.4, 0.5) is 0 Å². The van der Waals surface area contributed by atoms with Crippen LogP contribution in [0.5, 0.6) is 0 Å². The molecule has 0 aliphatic carbocycles. The summed E-state index contributed by atoms with van der Waals surface area (Å²) in [5.74, 6) is 1.28. The molecule has 0 spiro atoms. The van der Waals surface area contributed by atoms with Gasteiger partial charge in [-0.25, -0.2) is 4.98 Å². The van der Waals surface area contributed by atoms with Crippen molar-refractivity contribution in [2.75, 3.05) is 32.7 Å². The van der Waals surface area contributed by atoms with Crippen LogP contribution in [0.3, 0.4) is 0 Å². The highest BCUT2D eigenvalue weighted by atomic mass is 35.5. The Balaban J connectivity index is 1.37. The Morgan fingerprint density at radius 2 is 2.00 bits per heavy atom. The van der Waals surface area contributed by atoms with Crippen LogP contribution in [-0.2, 0) is 5.75 Å². The van der Waals surface area contributed by atoms with Crippen LogP contribution < -0.4 is 0 Å². The zero-order chi connectivity index (χ0) is 25.1. The van der Waals surface area contributed by atoms with Crippen molar-refractivity contribution in [3.05, 3.63) is 69.4 Å². The largest absolute Gasteiger partial charge is 0.335 e. The van der Waals surface area contributed by atoms with Gasteiger partial charge in [-0.05, 0) is 43.3 Å². The third-order valence-electron chi connectivity index (χ3n) is 6.17. The number of amides is 1. The summed E-state index contributed by atoms with van der Waals surface area (Å²) in [6.45, 7) is 8.50. The number of thiazole rings is 1. The minimum atomic E-state index is 0.00911. The number of pyridine rings is 1. The molecule has 0 radical (unpaired) electrons. The van der Waals surface area contributed by atoms with E-state index in [1.54, 1.807) is 12.4 Å². The van der Waals surface area contributed by atoms with Gasteiger partial charge >= 0.3 is 0 Å². The van der Waals surface area contributed by atoms with E-state index in [2.05, 4.69) is 32.0 Å². The SMILES string of the molecule is CCN1CCN(C(=O)c2csc(CSc3nnc(-c4cccnc4)n3-c3cc(Cl)ccc3C)n2)CC1. The van der Waals surface area contributed by atoms with E-state index < -0.39 is 0 Å². The minimum absolute atomic E-state index is 0.00911. The summed E-state index contributed by atoms with van der Waals surface area (Å²) < 4.78 is 2.01. The summed E-state index contributed by atoms with van der Waals surface area (Å²) in [5, 5.41) is 13.1. The van der Waals surface area contributed by atoms with Gasteiger partial charge in [0.05, 0.1) is 11.4 Å². The molecule has 1 fully saturated rings.